The molecule has 4 saturated carbocycles. The summed E-state index contributed by atoms with van der Waals surface area (Å²) in [4.78, 5) is 0. The highest BCUT2D eigenvalue weighted by molar-refractivity contribution is 7.99. The highest BCUT2D eigenvalue weighted by atomic mass is 32.2. The van der Waals surface area contributed by atoms with Crippen molar-refractivity contribution >= 4 is 23.5 Å². The van der Waals surface area contributed by atoms with Crippen molar-refractivity contribution < 1.29 is 10.2 Å². The first-order chi connectivity index (χ1) is 10.7. The van der Waals surface area contributed by atoms with Crippen LogP contribution in [-0.4, -0.2) is 46.4 Å². The lowest BCUT2D eigenvalue weighted by atomic mass is 9.43. The summed E-state index contributed by atoms with van der Waals surface area (Å²) in [7, 11) is 0. The van der Waals surface area contributed by atoms with E-state index in [1.807, 2.05) is 23.5 Å². The molecule has 0 aromatic heterocycles. The molecule has 0 atom stereocenters. The smallest absolute Gasteiger partial charge is 0.0521 e. The van der Waals surface area contributed by atoms with E-state index in [1.165, 1.54) is 62.9 Å². The van der Waals surface area contributed by atoms with Gasteiger partial charge in [-0.25, -0.2) is 0 Å². The molecular weight excluding hydrogens is 312 g/mol. The third kappa shape index (κ3) is 3.99. The second-order valence-corrected chi connectivity index (χ2v) is 10.6. The van der Waals surface area contributed by atoms with Crippen molar-refractivity contribution in [1.29, 1.82) is 0 Å². The van der Waals surface area contributed by atoms with Crippen molar-refractivity contribution in [2.75, 3.05) is 36.2 Å². The molecule has 4 bridgehead atoms. The van der Waals surface area contributed by atoms with Gasteiger partial charge in [-0.15, -0.1) is 0 Å². The van der Waals surface area contributed by atoms with Gasteiger partial charge in [0.15, 0.2) is 0 Å². The van der Waals surface area contributed by atoms with Crippen LogP contribution in [0.25, 0.3) is 0 Å². The molecule has 0 amide bonds. The van der Waals surface area contributed by atoms with Crippen LogP contribution in [0.3, 0.4) is 0 Å². The van der Waals surface area contributed by atoms with Gasteiger partial charge in [0.1, 0.15) is 0 Å². The topological polar surface area (TPSA) is 40.5 Å². The third-order valence-electron chi connectivity index (χ3n) is 6.33. The van der Waals surface area contributed by atoms with Crippen LogP contribution in [-0.2, 0) is 0 Å². The van der Waals surface area contributed by atoms with Gasteiger partial charge in [-0.2, -0.15) is 23.5 Å². The summed E-state index contributed by atoms with van der Waals surface area (Å²) in [6.45, 7) is 0.657. The van der Waals surface area contributed by atoms with Crippen LogP contribution in [0.1, 0.15) is 51.4 Å². The van der Waals surface area contributed by atoms with E-state index in [0.29, 0.717) is 24.0 Å². The van der Waals surface area contributed by atoms with Crippen LogP contribution in [0.2, 0.25) is 0 Å². The maximum absolute atomic E-state index is 8.97. The Morgan fingerprint density at radius 2 is 1.18 bits per heavy atom. The summed E-state index contributed by atoms with van der Waals surface area (Å²) in [5.74, 6) is 6.32. The number of rotatable bonds is 10. The molecule has 128 valence electrons. The van der Waals surface area contributed by atoms with E-state index in [-0.39, 0.29) is 0 Å². The molecule has 4 aliphatic rings. The zero-order valence-electron chi connectivity index (χ0n) is 13.8. The van der Waals surface area contributed by atoms with Gasteiger partial charge >= 0.3 is 0 Å². The minimum atomic E-state index is 0.328. The molecule has 0 aromatic carbocycles. The Balaban J connectivity index is 1.57. The van der Waals surface area contributed by atoms with Gasteiger partial charge in [0, 0.05) is 11.5 Å². The Kier molecular flexibility index (Phi) is 6.08. The Morgan fingerprint density at radius 3 is 1.59 bits per heavy atom. The first kappa shape index (κ1) is 17.4. The zero-order valence-corrected chi connectivity index (χ0v) is 15.4. The van der Waals surface area contributed by atoms with Gasteiger partial charge in [0.25, 0.3) is 0 Å². The molecule has 4 rings (SSSR count). The molecule has 4 fully saturated rings. The van der Waals surface area contributed by atoms with Crippen LogP contribution in [0.15, 0.2) is 0 Å². The molecule has 0 saturated heterocycles. The summed E-state index contributed by atoms with van der Waals surface area (Å²) in [5.41, 5.74) is 1.29. The van der Waals surface area contributed by atoms with E-state index in [0.717, 1.165) is 23.3 Å². The summed E-state index contributed by atoms with van der Waals surface area (Å²) >= 11 is 3.89. The summed E-state index contributed by atoms with van der Waals surface area (Å²) < 4.78 is 0. The molecule has 2 N–H and O–H groups in total. The van der Waals surface area contributed by atoms with E-state index in [2.05, 4.69) is 0 Å². The SMILES string of the molecule is OCCSCCC12CC3CC(C1)CC(CCSCCO)(C3)C2. The van der Waals surface area contributed by atoms with E-state index >= 15 is 0 Å². The van der Waals surface area contributed by atoms with Gasteiger partial charge in [0.2, 0.25) is 0 Å². The molecule has 0 aliphatic heterocycles. The first-order valence-corrected chi connectivity index (χ1v) is 11.4. The van der Waals surface area contributed by atoms with Crippen molar-refractivity contribution in [3.8, 4) is 0 Å². The standard InChI is InChI=1S/C18H32O2S2/c19-3-7-21-5-1-17-10-15-9-16(11-17)13-18(12-15,14-17)2-6-22-8-4-20/h15-16,19-20H,1-14H2. The molecule has 22 heavy (non-hydrogen) atoms. The Morgan fingerprint density at radius 1 is 0.727 bits per heavy atom. The molecule has 0 aromatic rings. The monoisotopic (exact) mass is 344 g/mol. The van der Waals surface area contributed by atoms with Crippen LogP contribution in [0.5, 0.6) is 0 Å². The normalized spacial score (nSPS) is 39.5. The molecule has 0 unspecified atom stereocenters. The van der Waals surface area contributed by atoms with Crippen molar-refractivity contribution in [2.45, 2.75) is 51.4 Å². The van der Waals surface area contributed by atoms with E-state index in [9.17, 15) is 0 Å². The fourth-order valence-electron chi connectivity index (χ4n) is 6.15. The van der Waals surface area contributed by atoms with Crippen molar-refractivity contribution in [1.82, 2.24) is 0 Å². The van der Waals surface area contributed by atoms with Gasteiger partial charge < -0.3 is 10.2 Å². The maximum Gasteiger partial charge on any atom is 0.0521 e. The number of hydrogen-bond donors (Lipinski definition) is 2. The number of aliphatic hydroxyl groups is 2. The maximum atomic E-state index is 8.97. The van der Waals surface area contributed by atoms with E-state index in [4.69, 9.17) is 10.2 Å². The largest absolute Gasteiger partial charge is 0.396 e. The number of thioether (sulfide) groups is 2. The Labute approximate surface area is 144 Å². The minimum Gasteiger partial charge on any atom is -0.396 e. The molecule has 4 heteroatoms. The van der Waals surface area contributed by atoms with Gasteiger partial charge in [0.05, 0.1) is 13.2 Å². The molecule has 2 nitrogen and oxygen atoms in total. The van der Waals surface area contributed by atoms with Gasteiger partial charge in [-0.1, -0.05) is 0 Å². The highest BCUT2D eigenvalue weighted by Crippen LogP contribution is 2.67. The van der Waals surface area contributed by atoms with Crippen LogP contribution < -0.4 is 0 Å². The number of hydrogen-bond acceptors (Lipinski definition) is 4. The molecule has 0 radical (unpaired) electrons. The Bertz CT molecular complexity index is 317. The second kappa shape index (κ2) is 7.67. The molecule has 0 heterocycles. The molecule has 0 spiro atoms. The minimum absolute atomic E-state index is 0.328. The summed E-state index contributed by atoms with van der Waals surface area (Å²) in [6, 6.07) is 0. The highest BCUT2D eigenvalue weighted by Gasteiger charge is 2.56. The quantitative estimate of drug-likeness (QED) is 0.591. The summed E-state index contributed by atoms with van der Waals surface area (Å²) in [5, 5.41) is 17.9. The lowest BCUT2D eigenvalue weighted by Gasteiger charge is -2.63. The fraction of sp³-hybridized carbons (Fsp3) is 1.00. The predicted octanol–water partition coefficient (Wildman–Crippen LogP) is 3.80. The lowest BCUT2D eigenvalue weighted by molar-refractivity contribution is -0.112. The van der Waals surface area contributed by atoms with Crippen molar-refractivity contribution in [3.05, 3.63) is 0 Å². The lowest BCUT2D eigenvalue weighted by Crippen LogP contribution is -2.52. The average molecular weight is 345 g/mol. The second-order valence-electron chi connectivity index (χ2n) is 8.13. The van der Waals surface area contributed by atoms with Crippen LogP contribution in [0.4, 0.5) is 0 Å². The van der Waals surface area contributed by atoms with Crippen LogP contribution >= 0.6 is 23.5 Å². The van der Waals surface area contributed by atoms with Crippen LogP contribution in [0, 0.1) is 22.7 Å². The van der Waals surface area contributed by atoms with Gasteiger partial charge in [-0.05, 0) is 85.5 Å². The third-order valence-corrected chi connectivity index (χ3v) is 8.26. The van der Waals surface area contributed by atoms with Gasteiger partial charge in [-0.3, -0.25) is 0 Å². The average Bonchev–Trinajstić information content (AvgIpc) is 2.47. The molecular formula is C18H32O2S2. The van der Waals surface area contributed by atoms with Crippen molar-refractivity contribution in [3.63, 3.8) is 0 Å². The molecule has 4 aliphatic carbocycles. The number of aliphatic hydroxyl groups excluding tert-OH is 2. The Hall–Kier alpha value is 0.620. The zero-order chi connectivity index (χ0) is 15.5. The predicted molar refractivity (Wildman–Crippen MR) is 97.6 cm³/mol. The van der Waals surface area contributed by atoms with E-state index in [1.54, 1.807) is 0 Å². The summed E-state index contributed by atoms with van der Waals surface area (Å²) in [6.07, 6.45) is 11.7. The van der Waals surface area contributed by atoms with E-state index < -0.39 is 0 Å². The fourth-order valence-corrected chi connectivity index (χ4v) is 7.97. The first-order valence-electron chi connectivity index (χ1n) is 9.07. The van der Waals surface area contributed by atoms with Crippen molar-refractivity contribution in [2.24, 2.45) is 22.7 Å².